The van der Waals surface area contributed by atoms with Crippen LogP contribution >= 0.6 is 0 Å². The van der Waals surface area contributed by atoms with Crippen molar-refractivity contribution in [3.05, 3.63) is 12.5 Å². The summed E-state index contributed by atoms with van der Waals surface area (Å²) in [5.41, 5.74) is 0.280. The standard InChI is InChI=1S/C23H36N8O3/c1-23(2,3)34-22(33)24-13-17-7-5-6-8-31(17)15-19(32)29-9-11-30(12-10-29)21-18-14-27-28(4)20(18)25-16-26-21/h14,16-17H,5-13,15H2,1-4H3,(H,24,33). The van der Waals surface area contributed by atoms with E-state index in [0.29, 0.717) is 26.2 Å². The molecular weight excluding hydrogens is 436 g/mol. The van der Waals surface area contributed by atoms with E-state index in [1.165, 1.54) is 0 Å². The highest BCUT2D eigenvalue weighted by atomic mass is 16.6. The average molecular weight is 473 g/mol. The lowest BCUT2D eigenvalue weighted by molar-refractivity contribution is -0.133. The molecule has 2 aromatic rings. The van der Waals surface area contributed by atoms with Gasteiger partial charge in [-0.3, -0.25) is 14.4 Å². The lowest BCUT2D eigenvalue weighted by Gasteiger charge is -2.39. The molecule has 2 aromatic heterocycles. The summed E-state index contributed by atoms with van der Waals surface area (Å²) < 4.78 is 7.10. The highest BCUT2D eigenvalue weighted by Crippen LogP contribution is 2.23. The quantitative estimate of drug-likeness (QED) is 0.696. The number of nitrogens with zero attached hydrogens (tertiary/aromatic N) is 7. The fourth-order valence-corrected chi connectivity index (χ4v) is 4.66. The second-order valence-electron chi connectivity index (χ2n) is 10.1. The normalized spacial score (nSPS) is 19.9. The van der Waals surface area contributed by atoms with Gasteiger partial charge in [-0.2, -0.15) is 5.10 Å². The number of fused-ring (bicyclic) bond motifs is 1. The number of hydrogen-bond acceptors (Lipinski definition) is 8. The van der Waals surface area contributed by atoms with Crippen molar-refractivity contribution < 1.29 is 14.3 Å². The summed E-state index contributed by atoms with van der Waals surface area (Å²) in [6.07, 6.45) is 6.09. The molecule has 1 unspecified atom stereocenters. The number of carbonyl (C=O) groups excluding carboxylic acids is 2. The maximum absolute atomic E-state index is 13.1. The Morgan fingerprint density at radius 2 is 1.88 bits per heavy atom. The number of alkyl carbamates (subject to hydrolysis) is 1. The fraction of sp³-hybridized carbons (Fsp3) is 0.696. The highest BCUT2D eigenvalue weighted by molar-refractivity contribution is 5.87. The molecule has 1 atom stereocenters. The summed E-state index contributed by atoms with van der Waals surface area (Å²) in [6.45, 7) is 10.0. The predicted octanol–water partition coefficient (Wildman–Crippen LogP) is 1.39. The number of ether oxygens (including phenoxy) is 1. The van der Waals surface area contributed by atoms with Crippen LogP contribution in [0.1, 0.15) is 40.0 Å². The predicted molar refractivity (Wildman–Crippen MR) is 129 cm³/mol. The fourth-order valence-electron chi connectivity index (χ4n) is 4.66. The molecule has 0 radical (unpaired) electrons. The number of piperazine rings is 1. The van der Waals surface area contributed by atoms with Crippen molar-refractivity contribution in [2.45, 2.75) is 51.7 Å². The Hall–Kier alpha value is -2.95. The van der Waals surface area contributed by atoms with Gasteiger partial charge in [0.1, 0.15) is 17.7 Å². The number of rotatable bonds is 5. The molecule has 0 saturated carbocycles. The number of amides is 2. The van der Waals surface area contributed by atoms with Crippen LogP contribution in [0.2, 0.25) is 0 Å². The van der Waals surface area contributed by atoms with Crippen LogP contribution in [-0.4, -0.2) is 99.0 Å². The van der Waals surface area contributed by atoms with Crippen molar-refractivity contribution in [1.29, 1.82) is 0 Å². The third-order valence-corrected chi connectivity index (χ3v) is 6.41. The monoisotopic (exact) mass is 472 g/mol. The number of aryl methyl sites for hydroxylation is 1. The SMILES string of the molecule is Cn1ncc2c(N3CCN(C(=O)CN4CCCCC4CNC(=O)OC(C)(C)C)CC3)ncnc21. The smallest absolute Gasteiger partial charge is 0.407 e. The molecule has 4 heterocycles. The molecule has 11 heteroatoms. The van der Waals surface area contributed by atoms with Crippen LogP contribution in [-0.2, 0) is 16.6 Å². The Kier molecular flexibility index (Phi) is 7.20. The van der Waals surface area contributed by atoms with Crippen LogP contribution in [0.4, 0.5) is 10.6 Å². The highest BCUT2D eigenvalue weighted by Gasteiger charge is 2.29. The molecule has 4 rings (SSSR count). The minimum atomic E-state index is -0.525. The molecule has 2 fully saturated rings. The summed E-state index contributed by atoms with van der Waals surface area (Å²) in [7, 11) is 1.87. The first-order valence-corrected chi connectivity index (χ1v) is 12.1. The largest absolute Gasteiger partial charge is 0.444 e. The zero-order chi connectivity index (χ0) is 24.3. The first kappa shape index (κ1) is 24.2. The van der Waals surface area contributed by atoms with E-state index >= 15 is 0 Å². The Bertz CT molecular complexity index is 1010. The number of anilines is 1. The van der Waals surface area contributed by atoms with Crippen LogP contribution in [0.25, 0.3) is 11.0 Å². The minimum absolute atomic E-state index is 0.137. The Morgan fingerprint density at radius 3 is 2.62 bits per heavy atom. The molecule has 2 amide bonds. The first-order valence-electron chi connectivity index (χ1n) is 12.1. The summed E-state index contributed by atoms with van der Waals surface area (Å²) in [5, 5.41) is 8.10. The maximum Gasteiger partial charge on any atom is 0.407 e. The van der Waals surface area contributed by atoms with Gasteiger partial charge in [-0.05, 0) is 40.2 Å². The molecule has 186 valence electrons. The zero-order valence-electron chi connectivity index (χ0n) is 20.7. The zero-order valence-corrected chi connectivity index (χ0v) is 20.7. The Labute approximate surface area is 200 Å². The second kappa shape index (κ2) is 10.1. The molecule has 0 aromatic carbocycles. The lowest BCUT2D eigenvalue weighted by Crippen LogP contribution is -2.54. The van der Waals surface area contributed by atoms with Crippen molar-refractivity contribution >= 4 is 28.9 Å². The van der Waals surface area contributed by atoms with Gasteiger partial charge in [0.15, 0.2) is 5.65 Å². The minimum Gasteiger partial charge on any atom is -0.444 e. The number of piperidine rings is 1. The van der Waals surface area contributed by atoms with Crippen LogP contribution < -0.4 is 10.2 Å². The van der Waals surface area contributed by atoms with E-state index in [9.17, 15) is 9.59 Å². The number of likely N-dealkylation sites (tertiary alicyclic amines) is 1. The number of aromatic nitrogens is 4. The van der Waals surface area contributed by atoms with Crippen LogP contribution in [0.5, 0.6) is 0 Å². The number of carbonyl (C=O) groups is 2. The van der Waals surface area contributed by atoms with Crippen molar-refractivity contribution in [2.75, 3.05) is 50.7 Å². The van der Waals surface area contributed by atoms with E-state index in [1.807, 2.05) is 32.7 Å². The van der Waals surface area contributed by atoms with Gasteiger partial charge in [-0.25, -0.2) is 14.8 Å². The van der Waals surface area contributed by atoms with Crippen LogP contribution in [0, 0.1) is 0 Å². The van der Waals surface area contributed by atoms with Gasteiger partial charge in [0.25, 0.3) is 0 Å². The molecule has 0 bridgehead atoms. The van der Waals surface area contributed by atoms with Gasteiger partial charge < -0.3 is 19.9 Å². The Morgan fingerprint density at radius 1 is 1.12 bits per heavy atom. The lowest BCUT2D eigenvalue weighted by atomic mass is 10.0. The summed E-state index contributed by atoms with van der Waals surface area (Å²) >= 11 is 0. The summed E-state index contributed by atoms with van der Waals surface area (Å²) in [5.74, 6) is 1.01. The van der Waals surface area contributed by atoms with Crippen molar-refractivity contribution in [2.24, 2.45) is 7.05 Å². The summed E-state index contributed by atoms with van der Waals surface area (Å²) in [6, 6.07) is 0.145. The average Bonchev–Trinajstić information content (AvgIpc) is 3.18. The van der Waals surface area contributed by atoms with Crippen LogP contribution in [0.15, 0.2) is 12.5 Å². The van der Waals surface area contributed by atoms with E-state index in [-0.39, 0.29) is 11.9 Å². The molecule has 2 aliphatic heterocycles. The van der Waals surface area contributed by atoms with Crippen molar-refractivity contribution in [1.82, 2.24) is 34.9 Å². The molecule has 0 aliphatic carbocycles. The van der Waals surface area contributed by atoms with Gasteiger partial charge in [-0.1, -0.05) is 6.42 Å². The van der Waals surface area contributed by atoms with Crippen LogP contribution in [0.3, 0.4) is 0 Å². The van der Waals surface area contributed by atoms with Gasteiger partial charge >= 0.3 is 6.09 Å². The third-order valence-electron chi connectivity index (χ3n) is 6.41. The molecule has 0 spiro atoms. The van der Waals surface area contributed by atoms with E-state index < -0.39 is 11.7 Å². The molecule has 11 nitrogen and oxygen atoms in total. The van der Waals surface area contributed by atoms with E-state index in [1.54, 1.807) is 17.2 Å². The molecule has 1 N–H and O–H groups in total. The Balaban J connectivity index is 1.29. The third kappa shape index (κ3) is 5.75. The summed E-state index contributed by atoms with van der Waals surface area (Å²) in [4.78, 5) is 40.3. The molecular formula is C23H36N8O3. The number of hydrogen-bond donors (Lipinski definition) is 1. The van der Waals surface area contributed by atoms with Gasteiger partial charge in [0, 0.05) is 45.8 Å². The maximum atomic E-state index is 13.1. The van der Waals surface area contributed by atoms with Gasteiger partial charge in [-0.15, -0.1) is 0 Å². The van der Waals surface area contributed by atoms with Crippen molar-refractivity contribution in [3.63, 3.8) is 0 Å². The first-order chi connectivity index (χ1) is 16.2. The van der Waals surface area contributed by atoms with E-state index in [2.05, 4.69) is 30.2 Å². The topological polar surface area (TPSA) is 109 Å². The molecule has 34 heavy (non-hydrogen) atoms. The van der Waals surface area contributed by atoms with E-state index in [0.717, 1.165) is 55.7 Å². The van der Waals surface area contributed by atoms with E-state index in [4.69, 9.17) is 4.74 Å². The van der Waals surface area contributed by atoms with Gasteiger partial charge in [0.2, 0.25) is 5.91 Å². The van der Waals surface area contributed by atoms with Crippen molar-refractivity contribution in [3.8, 4) is 0 Å². The molecule has 2 saturated heterocycles. The number of nitrogens with one attached hydrogen (secondary N) is 1. The second-order valence-corrected chi connectivity index (χ2v) is 10.1. The van der Waals surface area contributed by atoms with Gasteiger partial charge in [0.05, 0.1) is 18.1 Å². The molecule has 2 aliphatic rings.